The molecule has 0 spiro atoms. The molecular formula is C42H45ClNiP4+3. The van der Waals surface area contributed by atoms with Gasteiger partial charge >= 0.3 is 24.8 Å². The van der Waals surface area contributed by atoms with Gasteiger partial charge in [0.2, 0.25) is 0 Å². The average molecular weight is 768 g/mol. The van der Waals surface area contributed by atoms with E-state index in [1.807, 2.05) is 0 Å². The van der Waals surface area contributed by atoms with Gasteiger partial charge in [-0.05, 0) is 67.1 Å². The largest absolute Gasteiger partial charge is 0.0999 e. The number of rotatable bonds is 15. The molecule has 0 N–H and O–H groups in total. The Morgan fingerprint density at radius 1 is 0.354 bits per heavy atom. The Labute approximate surface area is 305 Å². The summed E-state index contributed by atoms with van der Waals surface area (Å²) in [6, 6.07) is 68.2. The first-order valence-electron chi connectivity index (χ1n) is 16.6. The van der Waals surface area contributed by atoms with Crippen LogP contribution in [0.2, 0.25) is 0 Å². The molecule has 0 heterocycles. The summed E-state index contributed by atoms with van der Waals surface area (Å²) in [5, 5.41) is 9.23. The van der Waals surface area contributed by atoms with Crippen molar-refractivity contribution in [2.45, 2.75) is 0 Å². The molecule has 6 aromatic rings. The van der Waals surface area contributed by atoms with Crippen LogP contribution in [0.5, 0.6) is 0 Å². The summed E-state index contributed by atoms with van der Waals surface area (Å²) in [4.78, 5) is 0. The van der Waals surface area contributed by atoms with Crippen molar-refractivity contribution in [1.29, 1.82) is 0 Å². The van der Waals surface area contributed by atoms with E-state index in [2.05, 4.69) is 207 Å². The van der Waals surface area contributed by atoms with Gasteiger partial charge in [0.15, 0.2) is 0 Å². The summed E-state index contributed by atoms with van der Waals surface area (Å²) in [6.07, 6.45) is 8.07. The zero-order chi connectivity index (χ0) is 33.2. The summed E-state index contributed by atoms with van der Waals surface area (Å²) in [6.45, 7) is 0. The van der Waals surface area contributed by atoms with Gasteiger partial charge in [-0.3, -0.25) is 0 Å². The fourth-order valence-electron chi connectivity index (χ4n) is 6.34. The normalized spacial score (nSPS) is 11.1. The second-order valence-corrected chi connectivity index (χ2v) is 22.3. The molecule has 48 heavy (non-hydrogen) atoms. The molecule has 247 valence electrons. The molecule has 6 heteroatoms. The molecule has 6 rings (SSSR count). The van der Waals surface area contributed by atoms with Crippen LogP contribution in [0.4, 0.5) is 0 Å². The first kappa shape index (κ1) is 37.1. The molecule has 0 aliphatic heterocycles. The van der Waals surface area contributed by atoms with Gasteiger partial charge in [0.25, 0.3) is 0 Å². The molecule has 0 nitrogen and oxygen atoms in total. The maximum absolute atomic E-state index is 4.26. The molecule has 0 amide bonds. The Hall–Kier alpha value is -2.18. The number of hydrogen-bond donors (Lipinski definition) is 0. The van der Waals surface area contributed by atoms with Crippen LogP contribution in [-0.2, 0) is 14.6 Å². The van der Waals surface area contributed by atoms with Gasteiger partial charge < -0.3 is 0 Å². The average Bonchev–Trinajstić information content (AvgIpc) is 3.18. The molecule has 0 atom stereocenters. The second kappa shape index (κ2) is 21.1. The smallest absolute Gasteiger partial charge is 0.0622 e. The molecule has 0 radical (unpaired) electrons. The van der Waals surface area contributed by atoms with Crippen molar-refractivity contribution in [2.75, 3.05) is 37.0 Å². The third-order valence-electron chi connectivity index (χ3n) is 8.77. The third-order valence-corrected chi connectivity index (χ3v) is 21.2. The van der Waals surface area contributed by atoms with Crippen molar-refractivity contribution in [3.05, 3.63) is 182 Å². The Morgan fingerprint density at radius 3 is 0.917 bits per heavy atom. The second-order valence-electron chi connectivity index (χ2n) is 11.7. The van der Waals surface area contributed by atoms with Gasteiger partial charge in [-0.1, -0.05) is 133 Å². The summed E-state index contributed by atoms with van der Waals surface area (Å²) < 4.78 is 0. The van der Waals surface area contributed by atoms with Crippen LogP contribution in [0.3, 0.4) is 0 Å². The Morgan fingerprint density at radius 2 is 0.625 bits per heavy atom. The first-order chi connectivity index (χ1) is 23.8. The zero-order valence-electron chi connectivity index (χ0n) is 27.2. The van der Waals surface area contributed by atoms with Crippen LogP contribution in [0, 0.1) is 0 Å². The molecule has 0 saturated carbocycles. The summed E-state index contributed by atoms with van der Waals surface area (Å²) in [5.74, 6) is 0. The summed E-state index contributed by atoms with van der Waals surface area (Å²) in [5.41, 5.74) is 0. The predicted octanol–water partition coefficient (Wildman–Crippen LogP) is 8.75. The van der Waals surface area contributed by atoms with Gasteiger partial charge in [-0.15, -0.1) is 0 Å². The van der Waals surface area contributed by atoms with Crippen molar-refractivity contribution in [3.63, 3.8) is 0 Å². The van der Waals surface area contributed by atoms with E-state index >= 15 is 0 Å². The summed E-state index contributed by atoms with van der Waals surface area (Å²) >= 11 is 3.35. The van der Waals surface area contributed by atoms with Crippen LogP contribution < -0.4 is 31.8 Å². The minimum absolute atomic E-state index is 0.369. The molecule has 0 aliphatic rings. The van der Waals surface area contributed by atoms with E-state index in [-0.39, 0.29) is 7.92 Å². The van der Waals surface area contributed by atoms with Crippen molar-refractivity contribution < 1.29 is 14.6 Å². The quantitative estimate of drug-likeness (QED) is 0.0725. The van der Waals surface area contributed by atoms with E-state index in [0.29, 0.717) is 0 Å². The Bertz CT molecular complexity index is 1370. The van der Waals surface area contributed by atoms with E-state index in [1.165, 1.54) is 47.6 Å². The molecule has 0 aliphatic carbocycles. The van der Waals surface area contributed by atoms with Crippen molar-refractivity contribution in [2.24, 2.45) is 0 Å². The van der Waals surface area contributed by atoms with Gasteiger partial charge in [0.1, 0.15) is 0 Å². The fourth-order valence-corrected chi connectivity index (χ4v) is 20.2. The monoisotopic (exact) mass is 766 g/mol. The third kappa shape index (κ3) is 11.2. The van der Waals surface area contributed by atoms with Crippen LogP contribution in [0.1, 0.15) is 0 Å². The molecule has 0 unspecified atom stereocenters. The van der Waals surface area contributed by atoms with Gasteiger partial charge in [-0.2, -0.15) is 0 Å². The van der Waals surface area contributed by atoms with Crippen molar-refractivity contribution >= 4 is 73.7 Å². The summed E-state index contributed by atoms with van der Waals surface area (Å²) in [7, 11) is 1.61. The SMILES string of the molecule is [Cl][Ni].c1ccc(P(CC[PH+](CC[PH+](c2ccccc2)c2ccccc2)CC[PH+](c2ccccc2)c2ccccc2)c2ccccc2)cc1. The van der Waals surface area contributed by atoms with E-state index in [4.69, 9.17) is 0 Å². The van der Waals surface area contributed by atoms with E-state index < -0.39 is 23.8 Å². The van der Waals surface area contributed by atoms with E-state index in [0.717, 1.165) is 0 Å². The maximum atomic E-state index is 4.26. The van der Waals surface area contributed by atoms with Crippen molar-refractivity contribution in [3.8, 4) is 0 Å². The molecule has 0 fully saturated rings. The Balaban J connectivity index is 0.00000221. The van der Waals surface area contributed by atoms with Crippen LogP contribution in [-0.4, -0.2) is 37.0 Å². The molecule has 0 bridgehead atoms. The van der Waals surface area contributed by atoms with Crippen LogP contribution >= 0.6 is 41.9 Å². The standard InChI is InChI=1S/C42H42P4.ClH.Ni/c1-7-19-37(20-8-1)44(38-21-9-2-10-22-38)34-31-43(32-35-45(39-23-11-3-12-24-39)40-25-13-4-14-26-40)33-36-46(41-27-15-5-16-28-41)42-29-17-6-18-30-42;;/h1-30H,31-36H2;1H;/q;;+1/p+2. The topological polar surface area (TPSA) is 0 Å². The number of benzene rings is 6. The zero-order valence-corrected chi connectivity index (χ0v) is 32.8. The molecular weight excluding hydrogens is 723 g/mol. The number of hydrogen-bond acceptors (Lipinski definition) is 0. The van der Waals surface area contributed by atoms with Crippen LogP contribution in [0.25, 0.3) is 0 Å². The van der Waals surface area contributed by atoms with Gasteiger partial charge in [0.05, 0.1) is 67.9 Å². The van der Waals surface area contributed by atoms with Gasteiger partial charge in [-0.25, -0.2) is 0 Å². The molecule has 0 aromatic heterocycles. The van der Waals surface area contributed by atoms with E-state index in [9.17, 15) is 0 Å². The predicted molar refractivity (Wildman–Crippen MR) is 223 cm³/mol. The minimum Gasteiger partial charge on any atom is -0.0622 e. The van der Waals surface area contributed by atoms with Crippen LogP contribution in [0.15, 0.2) is 182 Å². The Kier molecular flexibility index (Phi) is 16.3. The fraction of sp³-hybridized carbons (Fsp3) is 0.143. The first-order valence-corrected chi connectivity index (χ1v) is 25.0. The van der Waals surface area contributed by atoms with Crippen molar-refractivity contribution in [1.82, 2.24) is 0 Å². The maximum Gasteiger partial charge on any atom is 0.0999 e. The molecule has 6 aromatic carbocycles. The minimum atomic E-state index is -0.838. The molecule has 0 saturated heterocycles. The number of halogens is 1. The van der Waals surface area contributed by atoms with Gasteiger partial charge in [0, 0.05) is 14.1 Å². The van der Waals surface area contributed by atoms with E-state index in [1.54, 1.807) is 21.2 Å².